The lowest BCUT2D eigenvalue weighted by Crippen LogP contribution is -2.37. The van der Waals surface area contributed by atoms with Crippen molar-refractivity contribution in [2.45, 2.75) is 60.0 Å². The Kier molecular flexibility index (Phi) is 4.14. The Morgan fingerprint density at radius 1 is 1.38 bits per heavy atom. The molecule has 0 saturated heterocycles. The fraction of sp³-hybridized carbons (Fsp3) is 0.769. The summed E-state index contributed by atoms with van der Waals surface area (Å²) in [7, 11) is 0. The summed E-state index contributed by atoms with van der Waals surface area (Å²) in [5, 5.41) is 4.54. The molecule has 16 heavy (non-hydrogen) atoms. The molecule has 0 fully saturated rings. The number of aromatic nitrogens is 2. The van der Waals surface area contributed by atoms with E-state index >= 15 is 0 Å². The van der Waals surface area contributed by atoms with Gasteiger partial charge in [-0.1, -0.05) is 27.7 Å². The van der Waals surface area contributed by atoms with Crippen molar-refractivity contribution in [2.24, 2.45) is 11.1 Å². The molecule has 92 valence electrons. The minimum absolute atomic E-state index is 0.148. The van der Waals surface area contributed by atoms with Crippen LogP contribution >= 0.6 is 0 Å². The van der Waals surface area contributed by atoms with Crippen LogP contribution < -0.4 is 5.73 Å². The van der Waals surface area contributed by atoms with Crippen molar-refractivity contribution in [3.63, 3.8) is 0 Å². The highest BCUT2D eigenvalue weighted by Crippen LogP contribution is 2.21. The second-order valence-electron chi connectivity index (χ2n) is 5.47. The number of hydrogen-bond acceptors (Lipinski definition) is 2. The van der Waals surface area contributed by atoms with Crippen molar-refractivity contribution in [1.29, 1.82) is 0 Å². The molecule has 0 aliphatic carbocycles. The number of aryl methyl sites for hydroxylation is 2. The molecule has 1 rings (SSSR count). The summed E-state index contributed by atoms with van der Waals surface area (Å²) in [6, 6.07) is 2.37. The maximum absolute atomic E-state index is 6.22. The Balaban J connectivity index is 2.83. The van der Waals surface area contributed by atoms with Crippen LogP contribution in [0.5, 0.6) is 0 Å². The van der Waals surface area contributed by atoms with E-state index in [1.165, 1.54) is 5.69 Å². The van der Waals surface area contributed by atoms with Gasteiger partial charge in [0.1, 0.15) is 0 Å². The SMILES string of the molecule is CCc1cc(CC(N)C(C)(C)C)n(CC)n1. The molecule has 3 nitrogen and oxygen atoms in total. The summed E-state index contributed by atoms with van der Waals surface area (Å²) in [5.74, 6) is 0. The van der Waals surface area contributed by atoms with E-state index in [9.17, 15) is 0 Å². The van der Waals surface area contributed by atoms with Crippen LogP contribution in [0.25, 0.3) is 0 Å². The molecule has 2 N–H and O–H groups in total. The second-order valence-corrected chi connectivity index (χ2v) is 5.47. The van der Waals surface area contributed by atoms with E-state index in [0.29, 0.717) is 0 Å². The molecule has 0 bridgehead atoms. The van der Waals surface area contributed by atoms with Gasteiger partial charge in [-0.05, 0) is 24.8 Å². The van der Waals surface area contributed by atoms with Gasteiger partial charge < -0.3 is 5.73 Å². The number of nitrogens with zero attached hydrogens (tertiary/aromatic N) is 2. The van der Waals surface area contributed by atoms with Crippen LogP contribution in [0.4, 0.5) is 0 Å². The maximum atomic E-state index is 6.22. The molecular weight excluding hydrogens is 198 g/mol. The summed E-state index contributed by atoms with van der Waals surface area (Å²) in [5.41, 5.74) is 8.79. The van der Waals surface area contributed by atoms with Crippen molar-refractivity contribution in [3.05, 3.63) is 17.5 Å². The summed E-state index contributed by atoms with van der Waals surface area (Å²) >= 11 is 0. The minimum Gasteiger partial charge on any atom is -0.327 e. The third kappa shape index (κ3) is 3.08. The zero-order chi connectivity index (χ0) is 12.3. The summed E-state index contributed by atoms with van der Waals surface area (Å²) in [4.78, 5) is 0. The lowest BCUT2D eigenvalue weighted by Gasteiger charge is -2.27. The zero-order valence-corrected chi connectivity index (χ0v) is 11.2. The molecule has 0 amide bonds. The normalized spacial score (nSPS) is 14.1. The van der Waals surface area contributed by atoms with Gasteiger partial charge in [-0.3, -0.25) is 4.68 Å². The van der Waals surface area contributed by atoms with Crippen molar-refractivity contribution in [1.82, 2.24) is 9.78 Å². The van der Waals surface area contributed by atoms with E-state index in [-0.39, 0.29) is 11.5 Å². The van der Waals surface area contributed by atoms with Gasteiger partial charge in [0, 0.05) is 24.7 Å². The lowest BCUT2D eigenvalue weighted by molar-refractivity contribution is 0.313. The van der Waals surface area contributed by atoms with Gasteiger partial charge in [-0.25, -0.2) is 0 Å². The molecule has 1 atom stereocenters. The first-order valence-corrected chi connectivity index (χ1v) is 6.19. The smallest absolute Gasteiger partial charge is 0.0624 e. The minimum atomic E-state index is 0.148. The summed E-state index contributed by atoms with van der Waals surface area (Å²) in [6.07, 6.45) is 1.90. The van der Waals surface area contributed by atoms with Crippen molar-refractivity contribution < 1.29 is 0 Å². The van der Waals surface area contributed by atoms with E-state index in [0.717, 1.165) is 25.1 Å². The summed E-state index contributed by atoms with van der Waals surface area (Å²) < 4.78 is 2.07. The number of hydrogen-bond donors (Lipinski definition) is 1. The predicted molar refractivity (Wildman–Crippen MR) is 68.4 cm³/mol. The Labute approximate surface area is 99.0 Å². The predicted octanol–water partition coefficient (Wildman–Crippen LogP) is 2.38. The van der Waals surface area contributed by atoms with Crippen molar-refractivity contribution in [2.75, 3.05) is 0 Å². The van der Waals surface area contributed by atoms with Gasteiger partial charge in [0.15, 0.2) is 0 Å². The Morgan fingerprint density at radius 2 is 2.00 bits per heavy atom. The Morgan fingerprint density at radius 3 is 2.44 bits per heavy atom. The highest BCUT2D eigenvalue weighted by Gasteiger charge is 2.22. The fourth-order valence-corrected chi connectivity index (χ4v) is 1.66. The molecular formula is C13H25N3. The first kappa shape index (κ1) is 13.2. The van der Waals surface area contributed by atoms with E-state index < -0.39 is 0 Å². The number of rotatable bonds is 4. The zero-order valence-electron chi connectivity index (χ0n) is 11.2. The van der Waals surface area contributed by atoms with Crippen LogP contribution in [0, 0.1) is 5.41 Å². The van der Waals surface area contributed by atoms with Crippen molar-refractivity contribution in [3.8, 4) is 0 Å². The molecule has 0 saturated carbocycles. The highest BCUT2D eigenvalue weighted by atomic mass is 15.3. The average molecular weight is 223 g/mol. The molecule has 1 aromatic heterocycles. The van der Waals surface area contributed by atoms with Gasteiger partial charge in [0.2, 0.25) is 0 Å². The molecule has 0 aliphatic rings. The van der Waals surface area contributed by atoms with E-state index in [2.05, 4.69) is 50.5 Å². The van der Waals surface area contributed by atoms with Crippen molar-refractivity contribution >= 4 is 0 Å². The van der Waals surface area contributed by atoms with E-state index in [4.69, 9.17) is 5.73 Å². The first-order chi connectivity index (χ1) is 7.38. The molecule has 0 aliphatic heterocycles. The van der Waals surface area contributed by atoms with Crippen LogP contribution in [-0.2, 0) is 19.4 Å². The average Bonchev–Trinajstić information content (AvgIpc) is 2.59. The van der Waals surface area contributed by atoms with E-state index in [1.807, 2.05) is 0 Å². The lowest BCUT2D eigenvalue weighted by atomic mass is 9.85. The highest BCUT2D eigenvalue weighted by molar-refractivity contribution is 5.12. The second kappa shape index (κ2) is 5.00. The van der Waals surface area contributed by atoms with Gasteiger partial charge >= 0.3 is 0 Å². The van der Waals surface area contributed by atoms with Gasteiger partial charge in [-0.15, -0.1) is 0 Å². The van der Waals surface area contributed by atoms with Gasteiger partial charge in [-0.2, -0.15) is 5.10 Å². The molecule has 1 heterocycles. The number of nitrogens with two attached hydrogens (primary N) is 1. The third-order valence-electron chi connectivity index (χ3n) is 3.12. The molecule has 0 aromatic carbocycles. The monoisotopic (exact) mass is 223 g/mol. The molecule has 0 radical (unpaired) electrons. The largest absolute Gasteiger partial charge is 0.327 e. The Hall–Kier alpha value is -0.830. The summed E-state index contributed by atoms with van der Waals surface area (Å²) in [6.45, 7) is 11.7. The van der Waals surface area contributed by atoms with Gasteiger partial charge in [0.05, 0.1) is 5.69 Å². The quantitative estimate of drug-likeness (QED) is 0.851. The standard InChI is InChI=1S/C13H25N3/c1-6-10-8-11(16(7-2)15-10)9-12(14)13(3,4)5/h8,12H,6-7,9,14H2,1-5H3. The first-order valence-electron chi connectivity index (χ1n) is 6.19. The molecule has 1 aromatic rings. The maximum Gasteiger partial charge on any atom is 0.0624 e. The van der Waals surface area contributed by atoms with Gasteiger partial charge in [0.25, 0.3) is 0 Å². The third-order valence-corrected chi connectivity index (χ3v) is 3.12. The van der Waals surface area contributed by atoms with Crippen LogP contribution in [0.15, 0.2) is 6.07 Å². The van der Waals surface area contributed by atoms with E-state index in [1.54, 1.807) is 0 Å². The van der Waals surface area contributed by atoms with Crippen LogP contribution in [0.3, 0.4) is 0 Å². The molecule has 0 spiro atoms. The Bertz CT molecular complexity index is 333. The van der Waals surface area contributed by atoms with Crippen LogP contribution in [0.2, 0.25) is 0 Å². The van der Waals surface area contributed by atoms with Crippen LogP contribution in [-0.4, -0.2) is 15.8 Å². The molecule has 3 heteroatoms. The topological polar surface area (TPSA) is 43.8 Å². The van der Waals surface area contributed by atoms with Crippen LogP contribution in [0.1, 0.15) is 46.0 Å². The molecule has 1 unspecified atom stereocenters. The fourth-order valence-electron chi connectivity index (χ4n) is 1.66.